The van der Waals surface area contributed by atoms with Gasteiger partial charge < -0.3 is 48.7 Å². The predicted molar refractivity (Wildman–Crippen MR) is 508 cm³/mol. The van der Waals surface area contributed by atoms with E-state index < -0.39 is 0 Å². The Balaban J connectivity index is 0.000000125. The molecule has 5 aromatic heterocycles. The number of nitrogens with one attached hydrogen (secondary N) is 5. The largest absolute Gasteiger partial charge is 0.444 e. The molecule has 18 rings (SSSR count). The number of hydrogen-bond donors (Lipinski definition) is 5. The molecule has 0 atom stereocenters. The molecule has 0 radical (unpaired) electrons. The summed E-state index contributed by atoms with van der Waals surface area (Å²) in [6.07, 6.45) is 59.4. The van der Waals surface area contributed by atoms with Crippen molar-refractivity contribution in [2.45, 2.75) is 337 Å². The molecule has 7 aliphatic rings. The minimum atomic E-state index is 0.420. The van der Waals surface area contributed by atoms with E-state index in [4.69, 9.17) is 22.1 Å². The van der Waals surface area contributed by atoms with Gasteiger partial charge in [-0.25, -0.2) is 24.9 Å². The van der Waals surface area contributed by atoms with Crippen molar-refractivity contribution in [1.29, 1.82) is 0 Å². The summed E-state index contributed by atoms with van der Waals surface area (Å²) in [7, 11) is 0. The maximum atomic E-state index is 5.63. The molecule has 0 spiro atoms. The molecule has 5 N–H and O–H groups in total. The molecule has 6 aromatic carbocycles. The van der Waals surface area contributed by atoms with Gasteiger partial charge >= 0.3 is 0 Å². The van der Waals surface area contributed by atoms with Crippen molar-refractivity contribution in [2.24, 2.45) is 29.6 Å². The molecule has 0 amide bonds. The van der Waals surface area contributed by atoms with Gasteiger partial charge in [-0.05, 0) is 243 Å². The summed E-state index contributed by atoms with van der Waals surface area (Å²) in [6.45, 7) is 19.5. The van der Waals surface area contributed by atoms with Crippen LogP contribution in [-0.4, -0.2) is 49.1 Å². The Bertz CT molecular complexity index is 4850. The highest BCUT2D eigenvalue weighted by Gasteiger charge is 2.27. The van der Waals surface area contributed by atoms with E-state index in [2.05, 4.69) is 201 Å². The van der Waals surface area contributed by atoms with Gasteiger partial charge in [-0.15, -0.1) is 0 Å². The zero-order valence-electron chi connectivity index (χ0n) is 76.0. The predicted octanol–water partition coefficient (Wildman–Crippen LogP) is 29.8. The molecular weight excluding hydrogens is 1520 g/mol. The van der Waals surface area contributed by atoms with Crippen LogP contribution in [0.5, 0.6) is 0 Å². The summed E-state index contributed by atoms with van der Waals surface area (Å²) < 4.78 is 28.0. The van der Waals surface area contributed by atoms with Gasteiger partial charge in [0.2, 0.25) is 29.5 Å². The molecule has 0 saturated heterocycles. The Morgan fingerprint density at radius 1 is 0.301 bits per heavy atom. The fraction of sp³-hybridized carbons (Fsp3) is 0.528. The summed E-state index contributed by atoms with van der Waals surface area (Å²) in [6, 6.07) is 46.1. The lowest BCUT2D eigenvalue weighted by atomic mass is 9.84. The van der Waals surface area contributed by atoms with Crippen molar-refractivity contribution >= 4 is 28.4 Å². The second kappa shape index (κ2) is 45.8. The third kappa shape index (κ3) is 27.0. The molecule has 7 aliphatic carbocycles. The zero-order chi connectivity index (χ0) is 85.1. The highest BCUT2D eigenvalue weighted by atomic mass is 16.4. The molecular formula is C108H144N10O5. The van der Waals surface area contributed by atoms with Crippen LogP contribution in [0.3, 0.4) is 0 Å². The normalized spacial score (nSPS) is 17.0. The first kappa shape index (κ1) is 89.6. The fourth-order valence-corrected chi connectivity index (χ4v) is 20.1. The van der Waals surface area contributed by atoms with Crippen LogP contribution in [0.25, 0.3) is 57.3 Å². The van der Waals surface area contributed by atoms with E-state index in [1.54, 1.807) is 31.3 Å². The number of hydrogen-bond acceptors (Lipinski definition) is 15. The first-order chi connectivity index (χ1) is 60.1. The van der Waals surface area contributed by atoms with Crippen LogP contribution in [0, 0.1) is 64.2 Å². The lowest BCUT2D eigenvalue weighted by Gasteiger charge is -2.25. The number of anilines is 5. The standard InChI is InChI=1S/C24H28N2O.C22H30N2O.C22H32N2O.C21H28N2O.C19H26N2O/c1-18-17-27-24(26-18)22-13-12-21(14-19-8-4-2-5-9-19)23(15-22)25-16-20-10-6-3-7-11-20;1-16-15-25-22(23-16)19-12-11-18(13-17-7-3-2-4-8-17)21(14-19)24-20-9-5-6-10-20;1-4-20(5-2)24-21-14-19(22-23-16(3)15-25-22)12-11-18(21)13-17-9-7-6-8-10-17;1-15-14-24-21(22-15)18-11-10-17(12-16-6-2-3-7-16)20(13-18)23-19-8-4-5-9-19;1-13(2)20-18-11-17(19-21-14(3)12-22-19)9-8-16(18)10-15-6-4-5-7-15/h3,6-7,10-13,15,17,19,25H,2,4-5,8-9,14,16H2,1H3;11-12,14-15,17,20,24H,2-10,13H2,1H3;11-12,14-15,17,20,24H,4-10,13H2,1-3H3;10-11,13-14,16,19,23H,2-9,12H2,1H3;8-9,11-13,15,20H,4-7,10H2,1-3H3. The Labute approximate surface area is 736 Å². The Morgan fingerprint density at radius 3 is 0.846 bits per heavy atom. The highest BCUT2D eigenvalue weighted by molar-refractivity contribution is 5.70. The van der Waals surface area contributed by atoms with Gasteiger partial charge in [-0.3, -0.25) is 0 Å². The van der Waals surface area contributed by atoms with E-state index in [1.165, 1.54) is 287 Å². The quantitative estimate of drug-likeness (QED) is 0.0311. The summed E-state index contributed by atoms with van der Waals surface area (Å²) in [5, 5.41) is 18.7. The summed E-state index contributed by atoms with van der Waals surface area (Å²) in [4.78, 5) is 22.4. The van der Waals surface area contributed by atoms with Crippen LogP contribution in [0.4, 0.5) is 28.4 Å². The number of benzene rings is 6. The third-order valence-corrected chi connectivity index (χ3v) is 27.1. The monoisotopic (exact) mass is 1660 g/mol. The van der Waals surface area contributed by atoms with Crippen molar-refractivity contribution in [3.8, 4) is 57.3 Å². The van der Waals surface area contributed by atoms with Gasteiger partial charge in [-0.2, -0.15) is 0 Å². The lowest BCUT2D eigenvalue weighted by molar-refractivity contribution is 0.357. The molecule has 5 heterocycles. The number of nitrogens with zero attached hydrogens (tertiary/aromatic N) is 5. The zero-order valence-corrected chi connectivity index (χ0v) is 76.0. The summed E-state index contributed by atoms with van der Waals surface area (Å²) in [5.74, 6) is 7.80. The van der Waals surface area contributed by atoms with E-state index in [9.17, 15) is 0 Å². The van der Waals surface area contributed by atoms with Crippen LogP contribution in [0.1, 0.15) is 301 Å². The average Bonchev–Trinajstić information content (AvgIpc) is 1.52. The molecule has 7 fully saturated rings. The van der Waals surface area contributed by atoms with E-state index in [0.29, 0.717) is 41.8 Å². The van der Waals surface area contributed by atoms with Gasteiger partial charge in [0.1, 0.15) is 31.3 Å². The first-order valence-corrected chi connectivity index (χ1v) is 48.3. The highest BCUT2D eigenvalue weighted by Crippen LogP contribution is 2.41. The van der Waals surface area contributed by atoms with Crippen LogP contribution in [-0.2, 0) is 38.6 Å². The average molecular weight is 1660 g/mol. The van der Waals surface area contributed by atoms with Crippen molar-refractivity contribution in [1.82, 2.24) is 24.9 Å². The Morgan fingerprint density at radius 2 is 0.561 bits per heavy atom. The van der Waals surface area contributed by atoms with Crippen LogP contribution in [0.2, 0.25) is 0 Å². The lowest BCUT2D eigenvalue weighted by Crippen LogP contribution is -2.19. The maximum Gasteiger partial charge on any atom is 0.226 e. The molecule has 7 saturated carbocycles. The smallest absolute Gasteiger partial charge is 0.226 e. The van der Waals surface area contributed by atoms with Crippen molar-refractivity contribution in [3.05, 3.63) is 214 Å². The minimum absolute atomic E-state index is 0.420. The van der Waals surface area contributed by atoms with Crippen LogP contribution in [0.15, 0.2) is 175 Å². The Kier molecular flexibility index (Phi) is 33.4. The van der Waals surface area contributed by atoms with Gasteiger partial charge in [0.15, 0.2) is 0 Å². The molecule has 11 aromatic rings. The molecule has 0 aliphatic heterocycles. The minimum Gasteiger partial charge on any atom is -0.444 e. The summed E-state index contributed by atoms with van der Waals surface area (Å²) in [5.41, 5.74) is 24.8. The Hall–Kier alpha value is -9.63. The SMILES string of the molecule is CCC(CC)Nc1cc(-c2nc(C)co2)ccc1CC1CCCCC1.Cc1coc(-c2ccc(CC3CCCC3)c(NC(C)C)c2)n1.Cc1coc(-c2ccc(CC3CCCC3)c(NC3CCCC3)c2)n1.Cc1coc(-c2ccc(CC3CCCCC3)c(NC3CCCC3)c2)n1.Cc1coc(-c2ccc(CC3CCCCC3)c(NCc3ccccc3)c2)n1. The van der Waals surface area contributed by atoms with Gasteiger partial charge in [0, 0.05) is 87.0 Å². The molecule has 0 unspecified atom stereocenters. The molecule has 15 nitrogen and oxygen atoms in total. The van der Waals surface area contributed by atoms with Crippen molar-refractivity contribution in [3.63, 3.8) is 0 Å². The van der Waals surface area contributed by atoms with E-state index >= 15 is 0 Å². The number of aromatic nitrogens is 5. The van der Waals surface area contributed by atoms with Crippen LogP contribution < -0.4 is 26.6 Å². The molecule has 15 heteroatoms. The van der Waals surface area contributed by atoms with Gasteiger partial charge in [0.25, 0.3) is 0 Å². The van der Waals surface area contributed by atoms with E-state index in [1.807, 2.05) is 34.6 Å². The maximum absolute atomic E-state index is 5.63. The topological polar surface area (TPSA) is 190 Å². The number of aryl methyl sites for hydroxylation is 5. The van der Waals surface area contributed by atoms with Crippen molar-refractivity contribution < 1.29 is 22.1 Å². The second-order valence-corrected chi connectivity index (χ2v) is 37.7. The van der Waals surface area contributed by atoms with Gasteiger partial charge in [-0.1, -0.05) is 248 Å². The van der Waals surface area contributed by atoms with Gasteiger partial charge in [0.05, 0.1) is 28.5 Å². The third-order valence-electron chi connectivity index (χ3n) is 27.1. The number of oxazole rings is 5. The molecule has 123 heavy (non-hydrogen) atoms. The first-order valence-electron chi connectivity index (χ1n) is 48.3. The number of rotatable bonds is 28. The molecule has 656 valence electrons. The van der Waals surface area contributed by atoms with Crippen molar-refractivity contribution in [2.75, 3.05) is 26.6 Å². The van der Waals surface area contributed by atoms with E-state index in [0.717, 1.165) is 123 Å². The van der Waals surface area contributed by atoms with E-state index in [-0.39, 0.29) is 0 Å². The van der Waals surface area contributed by atoms with Crippen LogP contribution >= 0.6 is 0 Å². The fourth-order valence-electron chi connectivity index (χ4n) is 20.1. The molecule has 0 bridgehead atoms. The second-order valence-electron chi connectivity index (χ2n) is 37.7. The summed E-state index contributed by atoms with van der Waals surface area (Å²) >= 11 is 0.